The second-order valence-electron chi connectivity index (χ2n) is 6.68. The van der Waals surface area contributed by atoms with Crippen LogP contribution in [0.2, 0.25) is 0 Å². The number of aryl methyl sites for hydroxylation is 2. The molecule has 4 aromatic heterocycles. The normalized spacial score (nSPS) is 11.1. The lowest BCUT2D eigenvalue weighted by molar-refractivity contribution is 0.804. The molecule has 0 saturated carbocycles. The molecule has 0 amide bonds. The van der Waals surface area contributed by atoms with Crippen molar-refractivity contribution in [3.63, 3.8) is 0 Å². The van der Waals surface area contributed by atoms with Crippen LogP contribution in [-0.4, -0.2) is 29.5 Å². The van der Waals surface area contributed by atoms with E-state index < -0.39 is 0 Å². The molecule has 0 saturated heterocycles. The first kappa shape index (κ1) is 17.1. The summed E-state index contributed by atoms with van der Waals surface area (Å²) in [5, 5.41) is 9.43. The summed E-state index contributed by atoms with van der Waals surface area (Å²) in [6.07, 6.45) is 4.36. The highest BCUT2D eigenvalue weighted by Gasteiger charge is 2.19. The molecular weight excluding hydrogens is 336 g/mol. The zero-order chi connectivity index (χ0) is 19.0. The second kappa shape index (κ2) is 6.79. The van der Waals surface area contributed by atoms with E-state index in [1.807, 2.05) is 45.8 Å². The molecule has 27 heavy (non-hydrogen) atoms. The van der Waals surface area contributed by atoms with E-state index in [9.17, 15) is 0 Å². The van der Waals surface area contributed by atoms with E-state index in [1.165, 1.54) is 11.1 Å². The summed E-state index contributed by atoms with van der Waals surface area (Å²) in [5.74, 6) is 1.67. The molecule has 0 bridgehead atoms. The lowest BCUT2D eigenvalue weighted by Gasteiger charge is -2.06. The zero-order valence-electron chi connectivity index (χ0n) is 16.0. The van der Waals surface area contributed by atoms with Crippen molar-refractivity contribution in [3.05, 3.63) is 82.7 Å². The van der Waals surface area contributed by atoms with Gasteiger partial charge in [0.25, 0.3) is 0 Å². The molecule has 0 unspecified atom stereocenters. The van der Waals surface area contributed by atoms with Gasteiger partial charge in [0.05, 0.1) is 11.4 Å². The van der Waals surface area contributed by atoms with Gasteiger partial charge in [-0.3, -0.25) is 0 Å². The van der Waals surface area contributed by atoms with Crippen molar-refractivity contribution >= 4 is 0 Å². The first-order chi connectivity index (χ1) is 13.1. The molecule has 4 rings (SSSR count). The molecule has 4 heterocycles. The molecule has 0 aliphatic rings. The van der Waals surface area contributed by atoms with Crippen molar-refractivity contribution in [1.82, 2.24) is 29.5 Å². The van der Waals surface area contributed by atoms with Crippen LogP contribution in [0.5, 0.6) is 0 Å². The van der Waals surface area contributed by atoms with Crippen molar-refractivity contribution in [1.29, 1.82) is 0 Å². The van der Waals surface area contributed by atoms with Crippen LogP contribution in [0.25, 0.3) is 11.6 Å². The van der Waals surface area contributed by atoms with E-state index in [1.54, 1.807) is 12.4 Å². The smallest absolute Gasteiger partial charge is 0.153 e. The van der Waals surface area contributed by atoms with Crippen LogP contribution < -0.4 is 0 Å². The molecule has 0 spiro atoms. The van der Waals surface area contributed by atoms with Gasteiger partial charge in [0, 0.05) is 41.3 Å². The Balaban J connectivity index is 1.74. The van der Waals surface area contributed by atoms with E-state index >= 15 is 0 Å². The molecular formula is C21H22N6. The number of hydrogen-bond acceptors (Lipinski definition) is 4. The van der Waals surface area contributed by atoms with Crippen molar-refractivity contribution in [2.24, 2.45) is 0 Å². The fraction of sp³-hybridized carbons (Fsp3) is 0.238. The highest BCUT2D eigenvalue weighted by molar-refractivity contribution is 5.40. The summed E-state index contributed by atoms with van der Waals surface area (Å²) in [6.45, 7) is 8.29. The first-order valence-corrected chi connectivity index (χ1v) is 8.99. The SMILES string of the molecule is Cc1nn(-c2ccccn2)c(C)c1Cc1c(C)nn(-c2ccccn2)c1C. The van der Waals surface area contributed by atoms with Gasteiger partial charge in [-0.15, -0.1) is 0 Å². The van der Waals surface area contributed by atoms with Gasteiger partial charge < -0.3 is 0 Å². The first-order valence-electron chi connectivity index (χ1n) is 8.99. The van der Waals surface area contributed by atoms with Crippen LogP contribution in [-0.2, 0) is 6.42 Å². The minimum absolute atomic E-state index is 0.787. The van der Waals surface area contributed by atoms with Gasteiger partial charge >= 0.3 is 0 Å². The summed E-state index contributed by atoms with van der Waals surface area (Å²) in [5.41, 5.74) is 6.68. The zero-order valence-corrected chi connectivity index (χ0v) is 16.0. The Labute approximate surface area is 158 Å². The van der Waals surface area contributed by atoms with Gasteiger partial charge in [0.15, 0.2) is 11.6 Å². The van der Waals surface area contributed by atoms with Gasteiger partial charge in [0.2, 0.25) is 0 Å². The quantitative estimate of drug-likeness (QED) is 0.558. The topological polar surface area (TPSA) is 61.4 Å². The van der Waals surface area contributed by atoms with Crippen molar-refractivity contribution in [2.45, 2.75) is 34.1 Å². The average Bonchev–Trinajstić information content (AvgIpc) is 3.14. The van der Waals surface area contributed by atoms with E-state index in [-0.39, 0.29) is 0 Å². The molecule has 0 aliphatic heterocycles. The standard InChI is InChI=1S/C21H22N6/c1-14-18(16(3)26(24-14)20-9-5-7-11-22-20)13-19-15(2)25-27(17(19)4)21-10-6-8-12-23-21/h5-12H,13H2,1-4H3. The maximum Gasteiger partial charge on any atom is 0.153 e. The van der Waals surface area contributed by atoms with Crippen LogP contribution in [0.15, 0.2) is 48.8 Å². The van der Waals surface area contributed by atoms with E-state index in [0.717, 1.165) is 40.8 Å². The van der Waals surface area contributed by atoms with Crippen LogP contribution in [0.3, 0.4) is 0 Å². The minimum Gasteiger partial charge on any atom is -0.237 e. The Morgan fingerprint density at radius 1 is 0.667 bits per heavy atom. The van der Waals surface area contributed by atoms with Gasteiger partial charge in [-0.1, -0.05) is 12.1 Å². The van der Waals surface area contributed by atoms with Gasteiger partial charge in [-0.2, -0.15) is 10.2 Å². The molecule has 0 N–H and O–H groups in total. The maximum atomic E-state index is 4.72. The highest BCUT2D eigenvalue weighted by Crippen LogP contribution is 2.24. The van der Waals surface area contributed by atoms with Crippen LogP contribution in [0, 0.1) is 27.7 Å². The Hall–Kier alpha value is -3.28. The summed E-state index contributed by atoms with van der Waals surface area (Å²) in [6, 6.07) is 11.7. The predicted octanol–water partition coefficient (Wildman–Crippen LogP) is 3.67. The van der Waals surface area contributed by atoms with Gasteiger partial charge in [-0.05, 0) is 52.0 Å². The van der Waals surface area contributed by atoms with Crippen LogP contribution in [0.1, 0.15) is 33.9 Å². The van der Waals surface area contributed by atoms with Gasteiger partial charge in [0.1, 0.15) is 0 Å². The Morgan fingerprint density at radius 3 is 1.48 bits per heavy atom. The van der Waals surface area contributed by atoms with E-state index in [2.05, 4.69) is 37.7 Å². The molecule has 4 aromatic rings. The molecule has 136 valence electrons. The number of aromatic nitrogens is 6. The maximum absolute atomic E-state index is 4.72. The van der Waals surface area contributed by atoms with Crippen molar-refractivity contribution < 1.29 is 0 Å². The third-order valence-corrected chi connectivity index (χ3v) is 4.97. The van der Waals surface area contributed by atoms with Crippen molar-refractivity contribution in [3.8, 4) is 11.6 Å². The molecule has 0 fully saturated rings. The Morgan fingerprint density at radius 2 is 1.11 bits per heavy atom. The Kier molecular flexibility index (Phi) is 4.32. The summed E-state index contributed by atoms with van der Waals surface area (Å²) >= 11 is 0. The molecule has 0 radical (unpaired) electrons. The Bertz CT molecular complexity index is 989. The largest absolute Gasteiger partial charge is 0.237 e. The third-order valence-electron chi connectivity index (χ3n) is 4.97. The minimum atomic E-state index is 0.787. The van der Waals surface area contributed by atoms with Crippen LogP contribution in [0.4, 0.5) is 0 Å². The van der Waals surface area contributed by atoms with Crippen molar-refractivity contribution in [2.75, 3.05) is 0 Å². The molecule has 6 nitrogen and oxygen atoms in total. The van der Waals surface area contributed by atoms with E-state index in [4.69, 9.17) is 10.2 Å². The summed E-state index contributed by atoms with van der Waals surface area (Å²) in [7, 11) is 0. The predicted molar refractivity (Wildman–Crippen MR) is 104 cm³/mol. The van der Waals surface area contributed by atoms with Gasteiger partial charge in [-0.25, -0.2) is 19.3 Å². The number of nitrogens with zero attached hydrogens (tertiary/aromatic N) is 6. The molecule has 0 atom stereocenters. The van der Waals surface area contributed by atoms with Crippen LogP contribution >= 0.6 is 0 Å². The fourth-order valence-electron chi connectivity index (χ4n) is 3.44. The number of hydrogen-bond donors (Lipinski definition) is 0. The lowest BCUT2D eigenvalue weighted by atomic mass is 10.0. The number of pyridine rings is 2. The average molecular weight is 358 g/mol. The number of rotatable bonds is 4. The molecule has 6 heteroatoms. The summed E-state index contributed by atoms with van der Waals surface area (Å²) in [4.78, 5) is 8.85. The second-order valence-corrected chi connectivity index (χ2v) is 6.68. The van der Waals surface area contributed by atoms with E-state index in [0.29, 0.717) is 0 Å². The molecule has 0 aliphatic carbocycles. The third kappa shape index (κ3) is 3.03. The fourth-order valence-corrected chi connectivity index (χ4v) is 3.44. The monoisotopic (exact) mass is 358 g/mol. The molecule has 0 aromatic carbocycles. The lowest BCUT2D eigenvalue weighted by Crippen LogP contribution is -2.03. The summed E-state index contributed by atoms with van der Waals surface area (Å²) < 4.78 is 3.83. The highest BCUT2D eigenvalue weighted by atomic mass is 15.3.